The van der Waals surface area contributed by atoms with Crippen LogP contribution in [0.15, 0.2) is 30.3 Å². The molecule has 0 spiro atoms. The van der Waals surface area contributed by atoms with Crippen LogP contribution in [0.3, 0.4) is 0 Å². The van der Waals surface area contributed by atoms with E-state index in [0.29, 0.717) is 6.04 Å². The van der Waals surface area contributed by atoms with Crippen molar-refractivity contribution in [3.8, 4) is 11.5 Å². The van der Waals surface area contributed by atoms with Crippen molar-refractivity contribution in [3.63, 3.8) is 0 Å². The van der Waals surface area contributed by atoms with Crippen LogP contribution in [0.4, 0.5) is 0 Å². The number of benzene rings is 1. The maximum absolute atomic E-state index is 3.63. The van der Waals surface area contributed by atoms with Crippen LogP contribution in [0, 0.1) is 17.4 Å². The topological polar surface area (TPSA) is 3.24 Å². The second-order valence-corrected chi connectivity index (χ2v) is 12.3. The van der Waals surface area contributed by atoms with Crippen LogP contribution in [-0.4, -0.2) is 30.0 Å². The molecule has 2 atom stereocenters. The SMILES string of the molecule is C[Si](C)(C)C#C[C@@H]1[C@H](CI)CCN1Cc1ccccc1. The number of alkyl halides is 1. The first kappa shape index (κ1) is 16.1. The van der Waals surface area contributed by atoms with Gasteiger partial charge in [-0.3, -0.25) is 4.90 Å². The second-order valence-electron chi connectivity index (χ2n) is 6.62. The highest BCUT2D eigenvalue weighted by Crippen LogP contribution is 2.27. The maximum atomic E-state index is 3.63. The van der Waals surface area contributed by atoms with Gasteiger partial charge in [-0.2, -0.15) is 0 Å². The fourth-order valence-corrected chi connectivity index (χ4v) is 4.09. The highest BCUT2D eigenvalue weighted by atomic mass is 127. The van der Waals surface area contributed by atoms with Gasteiger partial charge in [0, 0.05) is 17.5 Å². The Morgan fingerprint density at radius 2 is 1.95 bits per heavy atom. The summed E-state index contributed by atoms with van der Waals surface area (Å²) in [7, 11) is -1.28. The van der Waals surface area contributed by atoms with E-state index in [2.05, 4.69) is 88.9 Å². The first-order chi connectivity index (χ1) is 9.49. The summed E-state index contributed by atoms with van der Waals surface area (Å²) in [5, 5.41) is 0. The zero-order chi connectivity index (χ0) is 14.6. The summed E-state index contributed by atoms with van der Waals surface area (Å²) in [6, 6.07) is 11.2. The Morgan fingerprint density at radius 3 is 2.55 bits per heavy atom. The molecule has 108 valence electrons. The molecule has 0 saturated carbocycles. The third kappa shape index (κ3) is 4.61. The number of likely N-dealkylation sites (tertiary alicyclic amines) is 1. The molecular formula is C17H24INSi. The van der Waals surface area contributed by atoms with E-state index in [4.69, 9.17) is 0 Å². The number of halogens is 1. The molecule has 0 aliphatic carbocycles. The molecule has 1 aromatic carbocycles. The predicted molar refractivity (Wildman–Crippen MR) is 98.8 cm³/mol. The number of hydrogen-bond acceptors (Lipinski definition) is 1. The summed E-state index contributed by atoms with van der Waals surface area (Å²) >= 11 is 2.52. The molecule has 0 radical (unpaired) electrons. The Labute approximate surface area is 138 Å². The monoisotopic (exact) mass is 397 g/mol. The van der Waals surface area contributed by atoms with E-state index in [-0.39, 0.29) is 0 Å². The zero-order valence-corrected chi connectivity index (χ0v) is 15.9. The molecule has 2 rings (SSSR count). The standard InChI is InChI=1S/C17H24INSi/c1-20(2,3)12-10-17-16(13-18)9-11-19(17)14-15-7-5-4-6-8-15/h4-8,16-17H,9,11,13-14H2,1-3H3/t16-,17+/m0/s1. The van der Waals surface area contributed by atoms with Crippen molar-refractivity contribution < 1.29 is 0 Å². The van der Waals surface area contributed by atoms with Crippen molar-refractivity contribution in [2.24, 2.45) is 5.92 Å². The molecule has 0 aromatic heterocycles. The van der Waals surface area contributed by atoms with Crippen molar-refractivity contribution in [2.45, 2.75) is 38.6 Å². The van der Waals surface area contributed by atoms with Crippen molar-refractivity contribution in [2.75, 3.05) is 11.0 Å². The predicted octanol–water partition coefficient (Wildman–Crippen LogP) is 4.19. The molecule has 0 bridgehead atoms. The lowest BCUT2D eigenvalue weighted by Crippen LogP contribution is -2.32. The average molecular weight is 397 g/mol. The van der Waals surface area contributed by atoms with E-state index >= 15 is 0 Å². The first-order valence-corrected chi connectivity index (χ1v) is 12.4. The van der Waals surface area contributed by atoms with Gasteiger partial charge in [0.1, 0.15) is 8.07 Å². The van der Waals surface area contributed by atoms with Crippen LogP contribution in [-0.2, 0) is 6.54 Å². The summed E-state index contributed by atoms with van der Waals surface area (Å²) in [6.45, 7) is 9.22. The van der Waals surface area contributed by atoms with Crippen LogP contribution >= 0.6 is 22.6 Å². The molecule has 1 fully saturated rings. The lowest BCUT2D eigenvalue weighted by Gasteiger charge is -2.23. The third-order valence-corrected chi connectivity index (χ3v) is 5.67. The van der Waals surface area contributed by atoms with Gasteiger partial charge in [0.2, 0.25) is 0 Å². The van der Waals surface area contributed by atoms with E-state index in [1.807, 2.05) is 0 Å². The van der Waals surface area contributed by atoms with Crippen molar-refractivity contribution in [1.82, 2.24) is 4.90 Å². The molecular weight excluding hydrogens is 373 g/mol. The molecule has 0 amide bonds. The van der Waals surface area contributed by atoms with Gasteiger partial charge in [-0.25, -0.2) is 0 Å². The summed E-state index contributed by atoms with van der Waals surface area (Å²) in [4.78, 5) is 2.58. The maximum Gasteiger partial charge on any atom is 0.129 e. The van der Waals surface area contributed by atoms with Gasteiger partial charge in [-0.15, -0.1) is 5.54 Å². The molecule has 0 unspecified atom stereocenters. The summed E-state index contributed by atoms with van der Waals surface area (Å²) < 4.78 is 1.22. The van der Waals surface area contributed by atoms with E-state index in [0.717, 1.165) is 12.5 Å². The molecule has 1 aliphatic heterocycles. The van der Waals surface area contributed by atoms with Crippen LogP contribution in [0.5, 0.6) is 0 Å². The van der Waals surface area contributed by atoms with Gasteiger partial charge in [-0.05, 0) is 17.9 Å². The second kappa shape index (κ2) is 7.10. The van der Waals surface area contributed by atoms with Crippen LogP contribution < -0.4 is 0 Å². The van der Waals surface area contributed by atoms with Crippen LogP contribution in [0.2, 0.25) is 19.6 Å². The minimum Gasteiger partial charge on any atom is -0.285 e. The summed E-state index contributed by atoms with van der Waals surface area (Å²) in [5.41, 5.74) is 4.99. The van der Waals surface area contributed by atoms with Gasteiger partial charge < -0.3 is 0 Å². The molecule has 1 nitrogen and oxygen atoms in total. The minimum atomic E-state index is -1.28. The van der Waals surface area contributed by atoms with E-state index in [9.17, 15) is 0 Å². The molecule has 0 N–H and O–H groups in total. The van der Waals surface area contributed by atoms with E-state index in [1.165, 1.54) is 23.0 Å². The van der Waals surface area contributed by atoms with Gasteiger partial charge in [0.15, 0.2) is 0 Å². The van der Waals surface area contributed by atoms with Crippen LogP contribution in [0.1, 0.15) is 12.0 Å². The fourth-order valence-electron chi connectivity index (χ4n) is 2.58. The van der Waals surface area contributed by atoms with Crippen LogP contribution in [0.25, 0.3) is 0 Å². The molecule has 1 heterocycles. The molecule has 1 aliphatic rings. The number of nitrogens with zero attached hydrogens (tertiary/aromatic N) is 1. The Kier molecular flexibility index (Phi) is 5.71. The van der Waals surface area contributed by atoms with Crippen molar-refractivity contribution in [1.29, 1.82) is 0 Å². The van der Waals surface area contributed by atoms with Crippen molar-refractivity contribution in [3.05, 3.63) is 35.9 Å². The quantitative estimate of drug-likeness (QED) is 0.320. The number of hydrogen-bond donors (Lipinski definition) is 0. The zero-order valence-electron chi connectivity index (χ0n) is 12.7. The number of rotatable bonds is 3. The van der Waals surface area contributed by atoms with E-state index in [1.54, 1.807) is 0 Å². The Balaban J connectivity index is 2.12. The summed E-state index contributed by atoms with van der Waals surface area (Å²) in [5.74, 6) is 4.36. The van der Waals surface area contributed by atoms with Gasteiger partial charge in [-0.1, -0.05) is 78.5 Å². The fraction of sp³-hybridized carbons (Fsp3) is 0.529. The lowest BCUT2D eigenvalue weighted by molar-refractivity contribution is 0.272. The summed E-state index contributed by atoms with van der Waals surface area (Å²) in [6.07, 6.45) is 1.29. The average Bonchev–Trinajstić information content (AvgIpc) is 2.79. The smallest absolute Gasteiger partial charge is 0.129 e. The third-order valence-electron chi connectivity index (χ3n) is 3.65. The molecule has 1 saturated heterocycles. The van der Waals surface area contributed by atoms with E-state index < -0.39 is 8.07 Å². The highest BCUT2D eigenvalue weighted by Gasteiger charge is 2.32. The van der Waals surface area contributed by atoms with Gasteiger partial charge in [0.05, 0.1) is 6.04 Å². The minimum absolute atomic E-state index is 0.457. The lowest BCUT2D eigenvalue weighted by atomic mass is 10.0. The first-order valence-electron chi connectivity index (χ1n) is 7.36. The normalized spacial score (nSPS) is 23.4. The Morgan fingerprint density at radius 1 is 1.25 bits per heavy atom. The Hall–Kier alpha value is -0.313. The van der Waals surface area contributed by atoms with Gasteiger partial charge in [0.25, 0.3) is 0 Å². The van der Waals surface area contributed by atoms with Crippen molar-refractivity contribution >= 4 is 30.7 Å². The largest absolute Gasteiger partial charge is 0.285 e. The van der Waals surface area contributed by atoms with Gasteiger partial charge >= 0.3 is 0 Å². The Bertz CT molecular complexity index is 483. The molecule has 1 aromatic rings. The molecule has 20 heavy (non-hydrogen) atoms. The molecule has 3 heteroatoms. The highest BCUT2D eigenvalue weighted by molar-refractivity contribution is 14.1.